The Balaban J connectivity index is 1.78. The molecule has 0 bridgehead atoms. The van der Waals surface area contributed by atoms with Crippen molar-refractivity contribution in [3.05, 3.63) is 18.0 Å². The van der Waals surface area contributed by atoms with Crippen molar-refractivity contribution in [3.8, 4) is 0 Å². The Morgan fingerprint density at radius 2 is 2.69 bits per heavy atom. The van der Waals surface area contributed by atoms with Crippen LogP contribution in [0.4, 0.5) is 0 Å². The molecule has 4 nitrogen and oxygen atoms in total. The molecule has 0 amide bonds. The van der Waals surface area contributed by atoms with Gasteiger partial charge in [-0.25, -0.2) is 0 Å². The van der Waals surface area contributed by atoms with E-state index in [0.29, 0.717) is 12.7 Å². The van der Waals surface area contributed by atoms with Crippen molar-refractivity contribution in [3.63, 3.8) is 0 Å². The van der Waals surface area contributed by atoms with Gasteiger partial charge in [-0.15, -0.1) is 0 Å². The number of aromatic nitrogens is 2. The highest BCUT2D eigenvalue weighted by Gasteiger charge is 2.14. The zero-order valence-electron chi connectivity index (χ0n) is 7.86. The molecule has 1 unspecified atom stereocenters. The van der Waals surface area contributed by atoms with Crippen LogP contribution in [0.15, 0.2) is 12.4 Å². The highest BCUT2D eigenvalue weighted by atomic mass is 16.5. The fourth-order valence-corrected chi connectivity index (χ4v) is 1.53. The first-order valence-corrected chi connectivity index (χ1v) is 4.64. The van der Waals surface area contributed by atoms with E-state index in [1.54, 1.807) is 4.68 Å². The van der Waals surface area contributed by atoms with Crippen LogP contribution >= 0.6 is 0 Å². The maximum atomic E-state index is 5.69. The van der Waals surface area contributed by atoms with Crippen LogP contribution in [-0.4, -0.2) is 29.0 Å². The summed E-state index contributed by atoms with van der Waals surface area (Å²) >= 11 is 0. The van der Waals surface area contributed by atoms with Gasteiger partial charge in [0.05, 0.1) is 18.9 Å². The van der Waals surface area contributed by atoms with Gasteiger partial charge in [-0.3, -0.25) is 4.68 Å². The summed E-state index contributed by atoms with van der Waals surface area (Å²) in [5, 5.41) is 7.35. The maximum Gasteiger partial charge on any atom is 0.0751 e. The first-order valence-electron chi connectivity index (χ1n) is 4.64. The van der Waals surface area contributed by atoms with E-state index >= 15 is 0 Å². The predicted molar refractivity (Wildman–Crippen MR) is 49.3 cm³/mol. The summed E-state index contributed by atoms with van der Waals surface area (Å²) in [7, 11) is 1.92. The molecule has 13 heavy (non-hydrogen) atoms. The van der Waals surface area contributed by atoms with Crippen molar-refractivity contribution >= 4 is 0 Å². The lowest BCUT2D eigenvalue weighted by atomic mass is 10.3. The van der Waals surface area contributed by atoms with E-state index < -0.39 is 0 Å². The molecule has 2 rings (SSSR count). The largest absolute Gasteiger partial charge is 0.372 e. The van der Waals surface area contributed by atoms with E-state index in [0.717, 1.165) is 25.1 Å². The van der Waals surface area contributed by atoms with Gasteiger partial charge < -0.3 is 10.1 Å². The summed E-state index contributed by atoms with van der Waals surface area (Å²) < 4.78 is 7.48. The number of rotatable bonds is 3. The summed E-state index contributed by atoms with van der Waals surface area (Å²) in [6, 6.07) is 0. The van der Waals surface area contributed by atoms with Crippen LogP contribution in [-0.2, 0) is 18.4 Å². The second kappa shape index (κ2) is 3.89. The molecule has 1 fully saturated rings. The van der Waals surface area contributed by atoms with Crippen LogP contribution in [0.5, 0.6) is 0 Å². The van der Waals surface area contributed by atoms with Crippen LogP contribution in [0.25, 0.3) is 0 Å². The number of nitrogens with zero attached hydrogens (tertiary/aromatic N) is 2. The minimum absolute atomic E-state index is 0.389. The van der Waals surface area contributed by atoms with Crippen LogP contribution in [0.1, 0.15) is 12.0 Å². The molecular formula is C9H15N3O. The zero-order valence-corrected chi connectivity index (χ0v) is 7.86. The minimum Gasteiger partial charge on any atom is -0.372 e. The smallest absolute Gasteiger partial charge is 0.0751 e. The summed E-state index contributed by atoms with van der Waals surface area (Å²) in [6.45, 7) is 2.75. The third-order valence-corrected chi connectivity index (χ3v) is 2.26. The molecule has 1 aliphatic heterocycles. The number of hydrogen-bond donors (Lipinski definition) is 1. The lowest BCUT2D eigenvalue weighted by molar-refractivity contribution is 0.0542. The molecule has 1 aliphatic rings. The Kier molecular flexibility index (Phi) is 2.61. The van der Waals surface area contributed by atoms with Gasteiger partial charge in [0.15, 0.2) is 0 Å². The van der Waals surface area contributed by atoms with Crippen molar-refractivity contribution in [1.29, 1.82) is 0 Å². The summed E-state index contributed by atoms with van der Waals surface area (Å²) in [5.41, 5.74) is 1.15. The first-order chi connectivity index (χ1) is 6.34. The van der Waals surface area contributed by atoms with Gasteiger partial charge in [0.1, 0.15) is 0 Å². The van der Waals surface area contributed by atoms with Crippen molar-refractivity contribution in [2.75, 3.05) is 13.1 Å². The summed E-state index contributed by atoms with van der Waals surface area (Å²) in [6.07, 6.45) is 5.35. The number of aryl methyl sites for hydroxylation is 1. The highest BCUT2D eigenvalue weighted by Crippen LogP contribution is 2.07. The number of nitrogens with one attached hydrogen (secondary N) is 1. The predicted octanol–water partition coefficient (Wildman–Crippen LogP) is 0.299. The van der Waals surface area contributed by atoms with Gasteiger partial charge >= 0.3 is 0 Å². The Hall–Kier alpha value is -0.870. The summed E-state index contributed by atoms with van der Waals surface area (Å²) in [5.74, 6) is 0. The Morgan fingerprint density at radius 3 is 3.31 bits per heavy atom. The first kappa shape index (κ1) is 8.72. The monoisotopic (exact) mass is 181 g/mol. The summed E-state index contributed by atoms with van der Waals surface area (Å²) in [4.78, 5) is 0. The normalized spacial score (nSPS) is 22.4. The van der Waals surface area contributed by atoms with Crippen molar-refractivity contribution in [2.45, 2.75) is 19.1 Å². The van der Waals surface area contributed by atoms with Crippen LogP contribution in [0.2, 0.25) is 0 Å². The lowest BCUT2D eigenvalue weighted by Gasteiger charge is -2.08. The van der Waals surface area contributed by atoms with Crippen molar-refractivity contribution in [2.24, 2.45) is 7.05 Å². The van der Waals surface area contributed by atoms with Gasteiger partial charge in [-0.2, -0.15) is 5.10 Å². The quantitative estimate of drug-likeness (QED) is 0.729. The molecular weight excluding hydrogens is 166 g/mol. The third-order valence-electron chi connectivity index (χ3n) is 2.26. The number of hydrogen-bond acceptors (Lipinski definition) is 3. The fourth-order valence-electron chi connectivity index (χ4n) is 1.53. The van der Waals surface area contributed by atoms with Gasteiger partial charge in [0, 0.05) is 25.4 Å². The Bertz CT molecular complexity index is 266. The van der Waals surface area contributed by atoms with E-state index in [1.807, 2.05) is 19.4 Å². The van der Waals surface area contributed by atoms with E-state index in [2.05, 4.69) is 10.4 Å². The van der Waals surface area contributed by atoms with Gasteiger partial charge in [0.25, 0.3) is 0 Å². The number of ether oxygens (including phenoxy) is 1. The van der Waals surface area contributed by atoms with E-state index in [9.17, 15) is 0 Å². The molecule has 0 spiro atoms. The SMILES string of the molecule is Cn1cc(COC2CCNC2)cn1. The third kappa shape index (κ3) is 2.29. The standard InChI is InChI=1S/C9H15N3O/c1-12-6-8(4-11-12)7-13-9-2-3-10-5-9/h4,6,9-10H,2-3,5,7H2,1H3. The molecule has 1 saturated heterocycles. The van der Waals surface area contributed by atoms with Crippen molar-refractivity contribution in [1.82, 2.24) is 15.1 Å². The Labute approximate surface area is 77.9 Å². The lowest BCUT2D eigenvalue weighted by Crippen LogP contribution is -2.16. The molecule has 0 saturated carbocycles. The van der Waals surface area contributed by atoms with E-state index in [-0.39, 0.29) is 0 Å². The molecule has 1 N–H and O–H groups in total. The van der Waals surface area contributed by atoms with Gasteiger partial charge in [0.2, 0.25) is 0 Å². The van der Waals surface area contributed by atoms with Crippen LogP contribution in [0.3, 0.4) is 0 Å². The van der Waals surface area contributed by atoms with E-state index in [4.69, 9.17) is 4.74 Å². The topological polar surface area (TPSA) is 39.1 Å². The van der Waals surface area contributed by atoms with E-state index in [1.165, 1.54) is 0 Å². The maximum absolute atomic E-state index is 5.69. The minimum atomic E-state index is 0.389. The second-order valence-electron chi connectivity index (χ2n) is 3.45. The molecule has 2 heterocycles. The highest BCUT2D eigenvalue weighted by molar-refractivity contribution is 5.01. The molecule has 1 atom stereocenters. The molecule has 72 valence electrons. The van der Waals surface area contributed by atoms with Gasteiger partial charge in [-0.1, -0.05) is 0 Å². The average Bonchev–Trinajstić information content (AvgIpc) is 2.71. The van der Waals surface area contributed by atoms with Crippen LogP contribution in [0, 0.1) is 0 Å². The molecule has 0 aliphatic carbocycles. The van der Waals surface area contributed by atoms with Crippen LogP contribution < -0.4 is 5.32 Å². The molecule has 1 aromatic heterocycles. The Morgan fingerprint density at radius 1 is 1.77 bits per heavy atom. The zero-order chi connectivity index (χ0) is 9.10. The van der Waals surface area contributed by atoms with Gasteiger partial charge in [-0.05, 0) is 13.0 Å². The second-order valence-corrected chi connectivity index (χ2v) is 3.45. The van der Waals surface area contributed by atoms with Crippen molar-refractivity contribution < 1.29 is 4.74 Å². The molecule has 4 heteroatoms. The average molecular weight is 181 g/mol. The molecule has 0 radical (unpaired) electrons. The fraction of sp³-hybridized carbons (Fsp3) is 0.667. The molecule has 1 aromatic rings. The molecule has 0 aromatic carbocycles.